The Labute approximate surface area is 159 Å². The number of hydrogen-bond donors (Lipinski definition) is 1. The number of rotatable bonds is 6. The molecule has 0 fully saturated rings. The molecule has 3 rings (SSSR count). The first-order valence-electron chi connectivity index (χ1n) is 8.38. The molecule has 1 amide bonds. The number of nitro groups is 1. The van der Waals surface area contributed by atoms with Gasteiger partial charge in [0.15, 0.2) is 6.61 Å². The van der Waals surface area contributed by atoms with E-state index in [4.69, 9.17) is 9.47 Å². The summed E-state index contributed by atoms with van der Waals surface area (Å²) in [7, 11) is 1.34. The summed E-state index contributed by atoms with van der Waals surface area (Å²) >= 11 is 1.55. The average Bonchev–Trinajstić information content (AvgIpc) is 3.10. The van der Waals surface area contributed by atoms with Gasteiger partial charge in [-0.25, -0.2) is 4.79 Å². The molecule has 0 bridgehead atoms. The van der Waals surface area contributed by atoms with Crippen molar-refractivity contribution in [3.8, 4) is 5.75 Å². The second-order valence-electron chi connectivity index (χ2n) is 6.02. The molecule has 0 saturated carbocycles. The lowest BCUT2D eigenvalue weighted by molar-refractivity contribution is -0.384. The number of ether oxygens (including phenoxy) is 2. The maximum absolute atomic E-state index is 12.3. The van der Waals surface area contributed by atoms with Gasteiger partial charge in [0.25, 0.3) is 11.6 Å². The Hall–Kier alpha value is -2.94. The molecule has 142 valence electrons. The van der Waals surface area contributed by atoms with Gasteiger partial charge in [0.2, 0.25) is 0 Å². The number of nitro benzene ring substituents is 1. The lowest BCUT2D eigenvalue weighted by Gasteiger charge is -2.13. The molecule has 9 heteroatoms. The minimum absolute atomic E-state index is 0.149. The van der Waals surface area contributed by atoms with E-state index in [1.165, 1.54) is 30.2 Å². The van der Waals surface area contributed by atoms with Gasteiger partial charge in [-0.3, -0.25) is 14.9 Å². The Morgan fingerprint density at radius 2 is 2.07 bits per heavy atom. The number of nitrogens with zero attached hydrogens (tertiary/aromatic N) is 1. The number of aryl methyl sites for hydroxylation is 1. The van der Waals surface area contributed by atoms with E-state index in [1.807, 2.05) is 0 Å². The number of carbonyl (C=O) groups excluding carboxylic acids is 2. The molecule has 1 N–H and O–H groups in total. The normalized spacial score (nSPS) is 12.8. The predicted octanol–water partition coefficient (Wildman–Crippen LogP) is 3.34. The lowest BCUT2D eigenvalue weighted by Crippen LogP contribution is -2.21. The van der Waals surface area contributed by atoms with E-state index in [9.17, 15) is 19.7 Å². The Morgan fingerprint density at radius 3 is 2.81 bits per heavy atom. The Bertz CT molecular complexity index is 892. The van der Waals surface area contributed by atoms with E-state index < -0.39 is 23.4 Å². The monoisotopic (exact) mass is 390 g/mol. The number of methoxy groups -OCH3 is 1. The van der Waals surface area contributed by atoms with Crippen molar-refractivity contribution in [1.82, 2.24) is 0 Å². The van der Waals surface area contributed by atoms with E-state index in [0.717, 1.165) is 31.2 Å². The highest BCUT2D eigenvalue weighted by atomic mass is 32.1. The molecule has 0 aliphatic heterocycles. The van der Waals surface area contributed by atoms with Gasteiger partial charge in [-0.15, -0.1) is 11.3 Å². The summed E-state index contributed by atoms with van der Waals surface area (Å²) in [6.45, 7) is -0.455. The second kappa shape index (κ2) is 8.17. The zero-order chi connectivity index (χ0) is 19.4. The van der Waals surface area contributed by atoms with Crippen LogP contribution in [0.5, 0.6) is 5.75 Å². The third kappa shape index (κ3) is 4.25. The first kappa shape index (κ1) is 18.8. The van der Waals surface area contributed by atoms with Gasteiger partial charge in [-0.2, -0.15) is 0 Å². The average molecular weight is 390 g/mol. The molecule has 0 atom stereocenters. The van der Waals surface area contributed by atoms with Crippen molar-refractivity contribution in [1.29, 1.82) is 0 Å². The predicted molar refractivity (Wildman–Crippen MR) is 99.5 cm³/mol. The van der Waals surface area contributed by atoms with Gasteiger partial charge < -0.3 is 14.8 Å². The fraction of sp³-hybridized carbons (Fsp3) is 0.333. The minimum Gasteiger partial charge on any atom is -0.494 e. The lowest BCUT2D eigenvalue weighted by atomic mass is 9.96. The third-order valence-corrected chi connectivity index (χ3v) is 5.37. The molecular formula is C18H18N2O6S. The van der Waals surface area contributed by atoms with Crippen molar-refractivity contribution in [3.63, 3.8) is 0 Å². The number of anilines is 1. The molecule has 0 spiro atoms. The molecule has 27 heavy (non-hydrogen) atoms. The molecule has 1 aromatic carbocycles. The molecule has 8 nitrogen and oxygen atoms in total. The van der Waals surface area contributed by atoms with Crippen molar-refractivity contribution in [2.75, 3.05) is 19.0 Å². The van der Waals surface area contributed by atoms with E-state index in [2.05, 4.69) is 5.32 Å². The van der Waals surface area contributed by atoms with Crippen LogP contribution in [-0.2, 0) is 22.4 Å². The van der Waals surface area contributed by atoms with Crippen LogP contribution in [0.2, 0.25) is 0 Å². The number of carbonyl (C=O) groups is 2. The molecule has 0 radical (unpaired) electrons. The summed E-state index contributed by atoms with van der Waals surface area (Å²) in [4.78, 5) is 35.8. The first-order valence-corrected chi connectivity index (χ1v) is 9.26. The molecular weight excluding hydrogens is 372 g/mol. The zero-order valence-corrected chi connectivity index (χ0v) is 15.5. The maximum atomic E-state index is 12.3. The highest BCUT2D eigenvalue weighted by Gasteiger charge is 2.22. The fourth-order valence-corrected chi connectivity index (χ4v) is 4.07. The van der Waals surface area contributed by atoms with E-state index >= 15 is 0 Å². The fourth-order valence-electron chi connectivity index (χ4n) is 2.96. The molecule has 0 unspecified atom stereocenters. The molecule has 1 aromatic heterocycles. The molecule has 1 aliphatic rings. The van der Waals surface area contributed by atoms with Crippen molar-refractivity contribution >= 4 is 34.6 Å². The summed E-state index contributed by atoms with van der Waals surface area (Å²) in [5, 5.41) is 15.1. The molecule has 2 aromatic rings. The van der Waals surface area contributed by atoms with Gasteiger partial charge >= 0.3 is 5.97 Å². The number of thiophene rings is 1. The highest BCUT2D eigenvalue weighted by molar-refractivity contribution is 7.10. The number of non-ortho nitro benzene ring substituents is 1. The highest BCUT2D eigenvalue weighted by Crippen LogP contribution is 2.31. The van der Waals surface area contributed by atoms with E-state index in [1.54, 1.807) is 16.7 Å². The summed E-state index contributed by atoms with van der Waals surface area (Å²) < 4.78 is 10.2. The number of nitrogens with one attached hydrogen (secondary N) is 1. The van der Waals surface area contributed by atoms with Gasteiger partial charge in [0.1, 0.15) is 5.75 Å². The van der Waals surface area contributed by atoms with Crippen molar-refractivity contribution < 1.29 is 24.0 Å². The number of benzene rings is 1. The first-order chi connectivity index (χ1) is 13.0. The van der Waals surface area contributed by atoms with Crippen LogP contribution in [0.25, 0.3) is 0 Å². The quantitative estimate of drug-likeness (QED) is 0.460. The van der Waals surface area contributed by atoms with Crippen LogP contribution < -0.4 is 10.1 Å². The smallest absolute Gasteiger partial charge is 0.339 e. The summed E-state index contributed by atoms with van der Waals surface area (Å²) in [5.41, 5.74) is 1.68. The Morgan fingerprint density at radius 1 is 1.30 bits per heavy atom. The van der Waals surface area contributed by atoms with Gasteiger partial charge in [0.05, 0.1) is 29.4 Å². The van der Waals surface area contributed by atoms with E-state index in [-0.39, 0.29) is 17.1 Å². The van der Waals surface area contributed by atoms with Crippen LogP contribution in [0.3, 0.4) is 0 Å². The summed E-state index contributed by atoms with van der Waals surface area (Å²) in [6, 6.07) is 3.83. The maximum Gasteiger partial charge on any atom is 0.339 e. The van der Waals surface area contributed by atoms with Gasteiger partial charge in [-0.1, -0.05) is 0 Å². The van der Waals surface area contributed by atoms with Crippen LogP contribution in [-0.4, -0.2) is 30.5 Å². The number of hydrogen-bond acceptors (Lipinski definition) is 7. The van der Waals surface area contributed by atoms with Crippen LogP contribution in [0.1, 0.15) is 33.6 Å². The SMILES string of the molecule is COc1cc([N+](=O)[O-])ccc1NC(=O)COC(=O)c1csc2c1CCCC2. The topological polar surface area (TPSA) is 108 Å². The molecule has 1 heterocycles. The van der Waals surface area contributed by atoms with Crippen molar-refractivity contribution in [2.45, 2.75) is 25.7 Å². The number of amides is 1. The third-order valence-electron chi connectivity index (χ3n) is 4.29. The van der Waals surface area contributed by atoms with Gasteiger partial charge in [0, 0.05) is 16.3 Å². The summed E-state index contributed by atoms with van der Waals surface area (Å²) in [6.07, 6.45) is 4.01. The number of fused-ring (bicyclic) bond motifs is 1. The van der Waals surface area contributed by atoms with Crippen LogP contribution in [0, 0.1) is 10.1 Å². The van der Waals surface area contributed by atoms with Gasteiger partial charge in [-0.05, 0) is 37.3 Å². The number of esters is 1. The standard InChI is InChI=1S/C18H18N2O6S/c1-25-15-8-11(20(23)24)6-7-14(15)19-17(21)9-26-18(22)13-10-27-16-5-3-2-4-12(13)16/h6-8,10H,2-5,9H2,1H3,(H,19,21). The second-order valence-corrected chi connectivity index (χ2v) is 6.99. The van der Waals surface area contributed by atoms with Crippen molar-refractivity contribution in [3.05, 3.63) is 49.7 Å². The summed E-state index contributed by atoms with van der Waals surface area (Å²) in [5.74, 6) is -0.921. The van der Waals surface area contributed by atoms with Crippen LogP contribution in [0.4, 0.5) is 11.4 Å². The minimum atomic E-state index is -0.558. The Kier molecular flexibility index (Phi) is 5.70. The van der Waals surface area contributed by atoms with Crippen LogP contribution >= 0.6 is 11.3 Å². The van der Waals surface area contributed by atoms with Crippen LogP contribution in [0.15, 0.2) is 23.6 Å². The zero-order valence-electron chi connectivity index (χ0n) is 14.6. The molecule has 1 aliphatic carbocycles. The van der Waals surface area contributed by atoms with E-state index in [0.29, 0.717) is 5.56 Å². The van der Waals surface area contributed by atoms with Crippen molar-refractivity contribution in [2.24, 2.45) is 0 Å². The largest absolute Gasteiger partial charge is 0.494 e. The molecule has 0 saturated heterocycles. The Balaban J connectivity index is 1.61.